The minimum Gasteiger partial charge on any atom is -0.352 e. The molecule has 0 bridgehead atoms. The van der Waals surface area contributed by atoms with Gasteiger partial charge in [0.15, 0.2) is 0 Å². The number of rotatable bonds is 7. The highest BCUT2D eigenvalue weighted by Gasteiger charge is 2.13. The number of unbranched alkanes of at least 4 members (excludes halogenated alkanes) is 3. The smallest absolute Gasteiger partial charge is 0.251 e. The molecule has 0 unspecified atom stereocenters. The molecule has 3 nitrogen and oxygen atoms in total. The van der Waals surface area contributed by atoms with Gasteiger partial charge in [-0.15, -0.1) is 0 Å². The van der Waals surface area contributed by atoms with E-state index in [1.54, 1.807) is 0 Å². The van der Waals surface area contributed by atoms with Crippen LogP contribution < -0.4 is 11.1 Å². The summed E-state index contributed by atoms with van der Waals surface area (Å²) in [4.78, 5) is 12.0. The van der Waals surface area contributed by atoms with E-state index >= 15 is 0 Å². The highest BCUT2D eigenvalue weighted by molar-refractivity contribution is 5.94. The van der Waals surface area contributed by atoms with Gasteiger partial charge in [0.05, 0.1) is 0 Å². The van der Waals surface area contributed by atoms with Gasteiger partial charge in [-0.3, -0.25) is 4.79 Å². The average Bonchev–Trinajstić information content (AvgIpc) is 2.89. The number of carbonyl (C=O) groups is 1. The zero-order chi connectivity index (χ0) is 13.5. The van der Waals surface area contributed by atoms with E-state index in [-0.39, 0.29) is 5.91 Å². The summed E-state index contributed by atoms with van der Waals surface area (Å²) in [5.74, 6) is 0.0634. The second kappa shape index (κ2) is 7.29. The van der Waals surface area contributed by atoms with E-state index in [2.05, 4.69) is 17.4 Å². The molecule has 0 saturated heterocycles. The Morgan fingerprint density at radius 2 is 1.89 bits per heavy atom. The van der Waals surface area contributed by atoms with Crippen molar-refractivity contribution in [2.24, 2.45) is 5.73 Å². The van der Waals surface area contributed by atoms with E-state index in [0.29, 0.717) is 0 Å². The summed E-state index contributed by atoms with van der Waals surface area (Å²) < 4.78 is 0. The fourth-order valence-corrected chi connectivity index (χ4v) is 2.64. The van der Waals surface area contributed by atoms with Gasteiger partial charge >= 0.3 is 0 Å². The molecule has 0 aromatic heterocycles. The molecule has 0 spiro atoms. The van der Waals surface area contributed by atoms with E-state index in [1.165, 1.54) is 24.0 Å². The van der Waals surface area contributed by atoms with Crippen molar-refractivity contribution in [2.45, 2.75) is 44.9 Å². The molecule has 1 amide bonds. The van der Waals surface area contributed by atoms with Gasteiger partial charge in [0.2, 0.25) is 0 Å². The largest absolute Gasteiger partial charge is 0.352 e. The first-order valence-electron chi connectivity index (χ1n) is 7.41. The van der Waals surface area contributed by atoms with Crippen LogP contribution in [0.15, 0.2) is 18.2 Å². The molecule has 104 valence electrons. The molecule has 0 aliphatic heterocycles. The summed E-state index contributed by atoms with van der Waals surface area (Å²) >= 11 is 0. The summed E-state index contributed by atoms with van der Waals surface area (Å²) in [5.41, 5.74) is 9.02. The van der Waals surface area contributed by atoms with Crippen molar-refractivity contribution in [2.75, 3.05) is 13.1 Å². The second-order valence-electron chi connectivity index (χ2n) is 5.30. The molecule has 1 aromatic carbocycles. The summed E-state index contributed by atoms with van der Waals surface area (Å²) in [6.45, 7) is 1.53. The van der Waals surface area contributed by atoms with Gasteiger partial charge in [-0.2, -0.15) is 0 Å². The standard InChI is InChI=1S/C16H24N2O/c17-10-3-1-2-4-11-18-16(19)15-9-8-13-6-5-7-14(13)12-15/h8-9,12H,1-7,10-11,17H2,(H,18,19). The summed E-state index contributed by atoms with van der Waals surface area (Å²) in [5, 5.41) is 3.00. The van der Waals surface area contributed by atoms with Crippen LogP contribution in [0.5, 0.6) is 0 Å². The number of benzene rings is 1. The number of fused-ring (bicyclic) bond motifs is 1. The topological polar surface area (TPSA) is 55.1 Å². The number of carbonyl (C=O) groups excluding carboxylic acids is 1. The lowest BCUT2D eigenvalue weighted by molar-refractivity contribution is 0.0953. The fraction of sp³-hybridized carbons (Fsp3) is 0.562. The number of amides is 1. The highest BCUT2D eigenvalue weighted by Crippen LogP contribution is 2.22. The average molecular weight is 260 g/mol. The third-order valence-electron chi connectivity index (χ3n) is 3.78. The van der Waals surface area contributed by atoms with E-state index in [9.17, 15) is 4.79 Å². The monoisotopic (exact) mass is 260 g/mol. The maximum absolute atomic E-state index is 12.0. The Kier molecular flexibility index (Phi) is 5.40. The normalized spacial score (nSPS) is 13.3. The number of hydrogen-bond donors (Lipinski definition) is 2. The Hall–Kier alpha value is -1.35. The highest BCUT2D eigenvalue weighted by atomic mass is 16.1. The van der Waals surface area contributed by atoms with Crippen molar-refractivity contribution in [1.29, 1.82) is 0 Å². The lowest BCUT2D eigenvalue weighted by atomic mass is 10.1. The van der Waals surface area contributed by atoms with Gasteiger partial charge in [0, 0.05) is 12.1 Å². The van der Waals surface area contributed by atoms with Gasteiger partial charge in [-0.1, -0.05) is 18.9 Å². The molecule has 19 heavy (non-hydrogen) atoms. The minimum absolute atomic E-state index is 0.0634. The Balaban J connectivity index is 1.74. The molecule has 1 aliphatic rings. The van der Waals surface area contributed by atoms with E-state index in [4.69, 9.17) is 5.73 Å². The van der Waals surface area contributed by atoms with Crippen molar-refractivity contribution < 1.29 is 4.79 Å². The Morgan fingerprint density at radius 3 is 2.74 bits per heavy atom. The summed E-state index contributed by atoms with van der Waals surface area (Å²) in [6, 6.07) is 6.12. The molecule has 0 fully saturated rings. The number of aryl methyl sites for hydroxylation is 2. The molecular weight excluding hydrogens is 236 g/mol. The molecule has 1 aromatic rings. The minimum atomic E-state index is 0.0634. The van der Waals surface area contributed by atoms with Gasteiger partial charge in [0.1, 0.15) is 0 Å². The molecular formula is C16H24N2O. The van der Waals surface area contributed by atoms with Crippen LogP contribution in [-0.4, -0.2) is 19.0 Å². The lowest BCUT2D eigenvalue weighted by Gasteiger charge is -2.07. The van der Waals surface area contributed by atoms with Crippen molar-refractivity contribution in [3.8, 4) is 0 Å². The third kappa shape index (κ3) is 4.06. The summed E-state index contributed by atoms with van der Waals surface area (Å²) in [7, 11) is 0. The molecule has 0 radical (unpaired) electrons. The van der Waals surface area contributed by atoms with E-state index < -0.39 is 0 Å². The van der Waals surface area contributed by atoms with Crippen LogP contribution in [0.1, 0.15) is 53.6 Å². The quantitative estimate of drug-likeness (QED) is 0.740. The molecule has 1 aliphatic carbocycles. The zero-order valence-electron chi connectivity index (χ0n) is 11.6. The first-order chi connectivity index (χ1) is 9.31. The van der Waals surface area contributed by atoms with Crippen molar-refractivity contribution in [3.05, 3.63) is 34.9 Å². The maximum Gasteiger partial charge on any atom is 0.251 e. The van der Waals surface area contributed by atoms with E-state index in [0.717, 1.165) is 50.8 Å². The van der Waals surface area contributed by atoms with Crippen LogP contribution >= 0.6 is 0 Å². The molecule has 0 saturated carbocycles. The molecule has 3 N–H and O–H groups in total. The SMILES string of the molecule is NCCCCCCNC(=O)c1ccc2c(c1)CCC2. The Labute approximate surface area is 115 Å². The van der Waals surface area contributed by atoms with Gasteiger partial charge in [-0.25, -0.2) is 0 Å². The van der Waals surface area contributed by atoms with Gasteiger partial charge in [0.25, 0.3) is 5.91 Å². The van der Waals surface area contributed by atoms with Crippen molar-refractivity contribution in [3.63, 3.8) is 0 Å². The molecule has 3 heteroatoms. The molecule has 2 rings (SSSR count). The van der Waals surface area contributed by atoms with Crippen LogP contribution in [0.3, 0.4) is 0 Å². The number of nitrogens with one attached hydrogen (secondary N) is 1. The van der Waals surface area contributed by atoms with Crippen LogP contribution in [0, 0.1) is 0 Å². The van der Waals surface area contributed by atoms with E-state index in [1.807, 2.05) is 6.07 Å². The Morgan fingerprint density at radius 1 is 1.11 bits per heavy atom. The number of nitrogens with two attached hydrogens (primary N) is 1. The predicted octanol–water partition coefficient (Wildman–Crippen LogP) is 2.42. The number of hydrogen-bond acceptors (Lipinski definition) is 2. The van der Waals surface area contributed by atoms with Crippen molar-refractivity contribution >= 4 is 5.91 Å². The van der Waals surface area contributed by atoms with Gasteiger partial charge in [-0.05, 0) is 61.9 Å². The fourth-order valence-electron chi connectivity index (χ4n) is 2.64. The predicted molar refractivity (Wildman–Crippen MR) is 78.3 cm³/mol. The van der Waals surface area contributed by atoms with Crippen LogP contribution in [0.25, 0.3) is 0 Å². The van der Waals surface area contributed by atoms with Crippen LogP contribution in [0.4, 0.5) is 0 Å². The Bertz CT molecular complexity index is 429. The maximum atomic E-state index is 12.0. The first kappa shape index (κ1) is 14.1. The second-order valence-corrected chi connectivity index (χ2v) is 5.30. The first-order valence-corrected chi connectivity index (χ1v) is 7.41. The molecule has 0 heterocycles. The van der Waals surface area contributed by atoms with Crippen LogP contribution in [0.2, 0.25) is 0 Å². The van der Waals surface area contributed by atoms with Crippen LogP contribution in [-0.2, 0) is 12.8 Å². The summed E-state index contributed by atoms with van der Waals surface area (Å²) in [6.07, 6.45) is 7.93. The van der Waals surface area contributed by atoms with Crippen molar-refractivity contribution in [1.82, 2.24) is 5.32 Å². The van der Waals surface area contributed by atoms with Gasteiger partial charge < -0.3 is 11.1 Å². The molecule has 0 atom stereocenters. The lowest BCUT2D eigenvalue weighted by Crippen LogP contribution is -2.24. The zero-order valence-corrected chi connectivity index (χ0v) is 11.6. The third-order valence-corrected chi connectivity index (χ3v) is 3.78.